The van der Waals surface area contributed by atoms with Gasteiger partial charge in [-0.2, -0.15) is 36.0 Å². The number of esters is 2. The number of likely N-dealkylation sites (N-methyl/N-ethyl adjacent to an activating group) is 1. The number of benzene rings is 3. The minimum atomic E-state index is -6.87. The van der Waals surface area contributed by atoms with Crippen molar-refractivity contribution in [2.45, 2.75) is 85.7 Å². The van der Waals surface area contributed by atoms with Crippen molar-refractivity contribution < 1.29 is 79.0 Å². The number of carbonyl (C=O) groups is 2. The van der Waals surface area contributed by atoms with Crippen molar-refractivity contribution in [3.8, 4) is 46.3 Å². The van der Waals surface area contributed by atoms with Crippen LogP contribution in [0.2, 0.25) is 0 Å². The molecule has 2 saturated heterocycles. The molecule has 342 valence electrons. The normalized spacial score (nSPS) is 27.4. The van der Waals surface area contributed by atoms with Crippen molar-refractivity contribution in [3.63, 3.8) is 0 Å². The fourth-order valence-corrected chi connectivity index (χ4v) is 12.2. The minimum absolute atomic E-state index is 0.0123. The van der Waals surface area contributed by atoms with Gasteiger partial charge in [-0.15, -0.1) is 11.8 Å². The van der Waals surface area contributed by atoms with Crippen molar-refractivity contribution in [2.75, 3.05) is 47.0 Å². The maximum atomic E-state index is 15.3. The molecule has 14 nitrogen and oxygen atoms in total. The molecule has 7 heterocycles. The number of piperazine rings is 1. The van der Waals surface area contributed by atoms with E-state index in [1.54, 1.807) is 18.9 Å². The highest BCUT2D eigenvalue weighted by Gasteiger charge is 2.77. The number of fused-ring (bicyclic) bond motifs is 9. The van der Waals surface area contributed by atoms with E-state index >= 15 is 8.78 Å². The number of ether oxygens (including phenoxy) is 6. The second-order valence-electron chi connectivity index (χ2n) is 16.5. The standard InChI is InChI=1S/C42H39F7N4O10S/c1-16-8-19-9-21-22(12-50)53-23-13-60-37(56)39(20-11-25(58-4)24(54)10-18(20)6-7-51-39)14-64-36(30(53)29(52(21)3)26(19)31(55)32(16)59-5)28-27(23)35-34(61-15-62-35)17(2)33(28)63-38(57)40(43,44)41(45,46)42(47,48)49/h8,10-11,21-23,29-30,36,51,54-55H,6-7,9,13-15H2,1-5H3/t21-,22+,23-,29-,30?,36-,39-/m1/s1. The van der Waals surface area contributed by atoms with Crippen LogP contribution in [-0.4, -0.2) is 115 Å². The van der Waals surface area contributed by atoms with Gasteiger partial charge in [0.15, 0.2) is 40.0 Å². The van der Waals surface area contributed by atoms with Crippen molar-refractivity contribution in [1.82, 2.24) is 15.1 Å². The van der Waals surface area contributed by atoms with Gasteiger partial charge in [0.2, 0.25) is 6.79 Å². The van der Waals surface area contributed by atoms with E-state index < -0.39 is 90.1 Å². The summed E-state index contributed by atoms with van der Waals surface area (Å²) in [5, 5.41) is 35.9. The van der Waals surface area contributed by atoms with Gasteiger partial charge in [-0.1, -0.05) is 6.07 Å². The van der Waals surface area contributed by atoms with Gasteiger partial charge in [-0.25, -0.2) is 9.59 Å². The number of alkyl halides is 7. The van der Waals surface area contributed by atoms with Crippen LogP contribution in [0.1, 0.15) is 61.8 Å². The number of nitriles is 1. The average Bonchev–Trinajstić information content (AvgIpc) is 3.73. The number of nitrogens with one attached hydrogen (secondary N) is 1. The summed E-state index contributed by atoms with van der Waals surface area (Å²) in [5.74, 6) is -19.0. The Morgan fingerprint density at radius 2 is 1.70 bits per heavy atom. The van der Waals surface area contributed by atoms with Gasteiger partial charge in [0.05, 0.1) is 37.6 Å². The molecule has 0 aromatic heterocycles. The summed E-state index contributed by atoms with van der Waals surface area (Å²) >= 11 is 0.981. The molecule has 10 rings (SSSR count). The Bertz CT molecular complexity index is 2560. The van der Waals surface area contributed by atoms with E-state index in [4.69, 9.17) is 28.4 Å². The van der Waals surface area contributed by atoms with E-state index in [-0.39, 0.29) is 69.9 Å². The molecular formula is C42H39F7N4O10S. The van der Waals surface area contributed by atoms with E-state index in [0.29, 0.717) is 34.2 Å². The summed E-state index contributed by atoms with van der Waals surface area (Å²) in [6, 6.07) is 2.13. The molecule has 4 bridgehead atoms. The smallest absolute Gasteiger partial charge is 0.460 e. The van der Waals surface area contributed by atoms with Gasteiger partial charge < -0.3 is 38.6 Å². The van der Waals surface area contributed by atoms with Crippen LogP contribution in [0, 0.1) is 25.2 Å². The lowest BCUT2D eigenvalue weighted by atomic mass is 9.71. The molecule has 2 fully saturated rings. The SMILES string of the molecule is COc1cc2c(cc1O)CCN[C@]21CS[C@@H]2c3c(OC(=O)C(F)(F)C(F)(F)C(F)(F)F)c(C)c4c(c3[C@@H](COC1=O)N1C2[C@H]2c3c(cc(C)c(OC)c3O)C[C@H]([C@@H]1C#N)N2C)OCO4. The molecule has 7 aliphatic heterocycles. The van der Waals surface area contributed by atoms with E-state index in [0.717, 1.165) is 11.8 Å². The lowest BCUT2D eigenvalue weighted by molar-refractivity contribution is -0.346. The van der Waals surface area contributed by atoms with E-state index in [2.05, 4.69) is 11.4 Å². The van der Waals surface area contributed by atoms with Crippen LogP contribution in [0.3, 0.4) is 0 Å². The van der Waals surface area contributed by atoms with Crippen LogP contribution in [0.5, 0.6) is 40.2 Å². The third kappa shape index (κ3) is 5.88. The molecule has 3 N–H and O–H groups in total. The topological polar surface area (TPSA) is 172 Å². The number of nitrogens with zero attached hydrogens (tertiary/aromatic N) is 3. The Kier molecular flexibility index (Phi) is 10.2. The quantitative estimate of drug-likeness (QED) is 0.159. The number of thioether (sulfide) groups is 1. The lowest BCUT2D eigenvalue weighted by Crippen LogP contribution is -2.69. The number of hydrogen-bond donors (Lipinski definition) is 3. The van der Waals surface area contributed by atoms with Gasteiger partial charge in [-0.05, 0) is 68.1 Å². The second-order valence-corrected chi connectivity index (χ2v) is 17.7. The number of halogens is 7. The molecule has 0 radical (unpaired) electrons. The maximum absolute atomic E-state index is 15.3. The fourth-order valence-electron chi connectivity index (χ4n) is 10.5. The van der Waals surface area contributed by atoms with Crippen LogP contribution in [0.15, 0.2) is 18.2 Å². The molecular weight excluding hydrogens is 886 g/mol. The van der Waals surface area contributed by atoms with Crippen molar-refractivity contribution in [1.29, 1.82) is 5.26 Å². The molecule has 0 amide bonds. The van der Waals surface area contributed by atoms with Gasteiger partial charge >= 0.3 is 30.0 Å². The monoisotopic (exact) mass is 924 g/mol. The predicted octanol–water partition coefficient (Wildman–Crippen LogP) is 5.80. The first-order chi connectivity index (χ1) is 30.2. The van der Waals surface area contributed by atoms with Crippen molar-refractivity contribution >= 4 is 23.7 Å². The molecule has 22 heteroatoms. The highest BCUT2D eigenvalue weighted by Crippen LogP contribution is 2.65. The summed E-state index contributed by atoms with van der Waals surface area (Å²) in [4.78, 5) is 31.7. The Hall–Kier alpha value is -5.37. The zero-order valence-electron chi connectivity index (χ0n) is 34.5. The molecule has 0 aliphatic carbocycles. The Morgan fingerprint density at radius 1 is 0.984 bits per heavy atom. The van der Waals surface area contributed by atoms with Crippen LogP contribution in [0.25, 0.3) is 0 Å². The van der Waals surface area contributed by atoms with E-state index in [1.807, 2.05) is 11.0 Å². The van der Waals surface area contributed by atoms with E-state index in [9.17, 15) is 47.0 Å². The lowest BCUT2D eigenvalue weighted by Gasteiger charge is -2.62. The number of hydrogen-bond acceptors (Lipinski definition) is 15. The fraction of sp³-hybridized carbons (Fsp3) is 0.500. The molecule has 3 aromatic rings. The first kappa shape index (κ1) is 43.9. The molecule has 3 aromatic carbocycles. The Morgan fingerprint density at radius 3 is 2.38 bits per heavy atom. The number of phenolic OH excluding ortho intramolecular Hbond substituents is 2. The molecule has 1 spiro atoms. The van der Waals surface area contributed by atoms with Gasteiger partial charge in [-0.3, -0.25) is 15.1 Å². The summed E-state index contributed by atoms with van der Waals surface area (Å²) in [6.07, 6.45) is -6.30. The highest BCUT2D eigenvalue weighted by atomic mass is 32.2. The highest BCUT2D eigenvalue weighted by molar-refractivity contribution is 7.99. The largest absolute Gasteiger partial charge is 0.504 e. The zero-order chi connectivity index (χ0) is 46.2. The average molecular weight is 925 g/mol. The summed E-state index contributed by atoms with van der Waals surface area (Å²) in [6.45, 7) is 2.02. The molecule has 1 unspecified atom stereocenters. The predicted molar refractivity (Wildman–Crippen MR) is 208 cm³/mol. The minimum Gasteiger partial charge on any atom is -0.504 e. The third-order valence-electron chi connectivity index (χ3n) is 13.4. The molecule has 64 heavy (non-hydrogen) atoms. The summed E-state index contributed by atoms with van der Waals surface area (Å²) in [5.41, 5.74) is 0.275. The zero-order valence-corrected chi connectivity index (χ0v) is 35.3. The van der Waals surface area contributed by atoms with Gasteiger partial charge in [0, 0.05) is 46.6 Å². The number of aromatic hydroxyl groups is 2. The van der Waals surface area contributed by atoms with Crippen LogP contribution >= 0.6 is 11.8 Å². The summed E-state index contributed by atoms with van der Waals surface area (Å²) in [7, 11) is 4.39. The first-order valence-electron chi connectivity index (χ1n) is 19.9. The third-order valence-corrected chi connectivity index (χ3v) is 14.9. The number of methoxy groups -OCH3 is 2. The van der Waals surface area contributed by atoms with E-state index in [1.165, 1.54) is 33.3 Å². The van der Waals surface area contributed by atoms with Crippen LogP contribution < -0.4 is 29.0 Å². The number of rotatable bonds is 5. The number of phenols is 2. The van der Waals surface area contributed by atoms with Gasteiger partial charge in [0.25, 0.3) is 0 Å². The van der Waals surface area contributed by atoms with Crippen molar-refractivity contribution in [2.24, 2.45) is 0 Å². The Labute approximate surface area is 364 Å². The second kappa shape index (κ2) is 14.8. The molecule has 0 saturated carbocycles. The number of aryl methyl sites for hydroxylation is 1. The Balaban J connectivity index is 1.33. The van der Waals surface area contributed by atoms with Crippen molar-refractivity contribution in [3.05, 3.63) is 62.7 Å². The van der Waals surface area contributed by atoms with Crippen LogP contribution in [-0.2, 0) is 32.7 Å². The summed E-state index contributed by atoms with van der Waals surface area (Å²) < 4.78 is 134. The van der Waals surface area contributed by atoms with Crippen LogP contribution in [0.4, 0.5) is 30.7 Å². The first-order valence-corrected chi connectivity index (χ1v) is 20.9. The molecule has 7 aliphatic rings. The maximum Gasteiger partial charge on any atom is 0.460 e. The number of carbonyl (C=O) groups excluding carboxylic acids is 2. The molecule has 7 atom stereocenters. The van der Waals surface area contributed by atoms with Gasteiger partial charge in [0.1, 0.15) is 18.4 Å².